The van der Waals surface area contributed by atoms with E-state index in [-0.39, 0.29) is 35.2 Å². The summed E-state index contributed by atoms with van der Waals surface area (Å²) in [5, 5.41) is 3.32. The predicted octanol–water partition coefficient (Wildman–Crippen LogP) is 5.14. The molecule has 0 aliphatic heterocycles. The van der Waals surface area contributed by atoms with Gasteiger partial charge < -0.3 is 14.8 Å². The van der Waals surface area contributed by atoms with Crippen LogP contribution in [0.15, 0.2) is 36.4 Å². The summed E-state index contributed by atoms with van der Waals surface area (Å²) in [5.41, 5.74) is 1.19. The van der Waals surface area contributed by atoms with Crippen molar-refractivity contribution in [3.8, 4) is 11.5 Å². The van der Waals surface area contributed by atoms with Gasteiger partial charge in [0.15, 0.2) is 11.6 Å². The van der Waals surface area contributed by atoms with Crippen molar-refractivity contribution in [1.29, 1.82) is 0 Å². The molecule has 1 unspecified atom stereocenters. The molecule has 0 radical (unpaired) electrons. The number of benzene rings is 2. The van der Waals surface area contributed by atoms with Crippen molar-refractivity contribution in [3.63, 3.8) is 0 Å². The second-order valence-electron chi connectivity index (χ2n) is 7.83. The van der Waals surface area contributed by atoms with Crippen LogP contribution < -0.4 is 14.8 Å². The summed E-state index contributed by atoms with van der Waals surface area (Å²) in [6.45, 7) is 5.41. The van der Waals surface area contributed by atoms with Gasteiger partial charge in [-0.3, -0.25) is 14.2 Å². The highest BCUT2D eigenvalue weighted by Gasteiger charge is 2.31. The molecule has 182 valence electrons. The van der Waals surface area contributed by atoms with Crippen LogP contribution in [0.25, 0.3) is 10.9 Å². The van der Waals surface area contributed by atoms with E-state index in [1.54, 1.807) is 6.92 Å². The Labute approximate surface area is 193 Å². The summed E-state index contributed by atoms with van der Waals surface area (Å²) < 4.78 is 62.0. The van der Waals surface area contributed by atoms with E-state index < -0.39 is 23.8 Å². The fraction of sp³-hybridized carbons (Fsp3) is 0.333. The molecule has 10 heteroatoms. The lowest BCUT2D eigenvalue weighted by atomic mass is 10.1. The third-order valence-electron chi connectivity index (χ3n) is 5.50. The molecule has 0 saturated heterocycles. The van der Waals surface area contributed by atoms with Crippen LogP contribution in [0.1, 0.15) is 41.9 Å². The van der Waals surface area contributed by atoms with E-state index in [1.165, 1.54) is 29.9 Å². The van der Waals surface area contributed by atoms with Gasteiger partial charge in [-0.2, -0.15) is 0 Å². The van der Waals surface area contributed by atoms with Gasteiger partial charge in [-0.15, -0.1) is 13.2 Å². The minimum Gasteiger partial charge on any atom is -0.494 e. The molecule has 1 heterocycles. The number of alkyl halides is 3. The number of nitrogens with zero attached hydrogens (tertiary/aromatic N) is 1. The average molecular weight is 480 g/mol. The largest absolute Gasteiger partial charge is 0.573 e. The number of methoxy groups -OCH3 is 1. The first-order chi connectivity index (χ1) is 15.9. The smallest absolute Gasteiger partial charge is 0.494 e. The van der Waals surface area contributed by atoms with Crippen LogP contribution in [0.4, 0.5) is 17.6 Å². The topological polar surface area (TPSA) is 69.6 Å². The summed E-state index contributed by atoms with van der Waals surface area (Å²) in [5.74, 6) is -2.09. The summed E-state index contributed by atoms with van der Waals surface area (Å²) in [4.78, 5) is 25.9. The van der Waals surface area contributed by atoms with E-state index in [0.717, 1.165) is 24.6 Å². The van der Waals surface area contributed by atoms with Crippen molar-refractivity contribution in [1.82, 2.24) is 9.88 Å². The highest BCUT2D eigenvalue weighted by Crippen LogP contribution is 2.33. The van der Waals surface area contributed by atoms with E-state index in [0.29, 0.717) is 16.6 Å². The predicted molar refractivity (Wildman–Crippen MR) is 118 cm³/mol. The Morgan fingerprint density at radius 3 is 2.35 bits per heavy atom. The molecule has 1 amide bonds. The summed E-state index contributed by atoms with van der Waals surface area (Å²) >= 11 is 0. The highest BCUT2D eigenvalue weighted by molar-refractivity contribution is 6.05. The monoisotopic (exact) mass is 480 g/mol. The van der Waals surface area contributed by atoms with Crippen LogP contribution in [0.5, 0.6) is 11.5 Å². The molecule has 0 aliphatic carbocycles. The zero-order valence-electron chi connectivity index (χ0n) is 19.0. The minimum absolute atomic E-state index is 0.0469. The lowest BCUT2D eigenvalue weighted by molar-refractivity contribution is -0.274. The number of amides is 1. The van der Waals surface area contributed by atoms with E-state index in [4.69, 9.17) is 4.74 Å². The number of hydrogen-bond acceptors (Lipinski definition) is 4. The Bertz CT molecular complexity index is 1220. The van der Waals surface area contributed by atoms with Gasteiger partial charge >= 0.3 is 6.36 Å². The van der Waals surface area contributed by atoms with E-state index in [9.17, 15) is 27.2 Å². The van der Waals surface area contributed by atoms with Crippen LogP contribution in [0, 0.1) is 12.7 Å². The molecule has 2 aromatic carbocycles. The maximum atomic E-state index is 14.5. The van der Waals surface area contributed by atoms with Gasteiger partial charge in [0.25, 0.3) is 5.91 Å². The lowest BCUT2D eigenvalue weighted by Crippen LogP contribution is -2.33. The summed E-state index contributed by atoms with van der Waals surface area (Å²) in [7, 11) is 1.30. The van der Waals surface area contributed by atoms with Crippen molar-refractivity contribution in [2.24, 2.45) is 0 Å². The zero-order valence-corrected chi connectivity index (χ0v) is 19.0. The molecule has 1 atom stereocenters. The Kier molecular flexibility index (Phi) is 7.18. The number of fused-ring (bicyclic) bond motifs is 1. The first-order valence-electron chi connectivity index (χ1n) is 10.5. The van der Waals surface area contributed by atoms with Gasteiger partial charge in [-0.1, -0.05) is 6.92 Å². The number of carbonyl (C=O) groups is 2. The van der Waals surface area contributed by atoms with E-state index in [1.807, 2.05) is 13.8 Å². The van der Waals surface area contributed by atoms with Gasteiger partial charge in [-0.25, -0.2) is 4.39 Å². The number of ether oxygens (including phenoxy) is 2. The third-order valence-corrected chi connectivity index (χ3v) is 5.50. The van der Waals surface area contributed by atoms with Crippen molar-refractivity contribution >= 4 is 22.7 Å². The average Bonchev–Trinajstić information content (AvgIpc) is 3.02. The van der Waals surface area contributed by atoms with Gasteiger partial charge in [0.2, 0.25) is 5.91 Å². The highest BCUT2D eigenvalue weighted by atomic mass is 19.4. The molecule has 34 heavy (non-hydrogen) atoms. The fourth-order valence-electron chi connectivity index (χ4n) is 3.64. The summed E-state index contributed by atoms with van der Waals surface area (Å²) in [6, 6.07) is 6.92. The lowest BCUT2D eigenvalue weighted by Gasteiger charge is -2.12. The Hall–Kier alpha value is -3.56. The first-order valence-corrected chi connectivity index (χ1v) is 10.5. The minimum atomic E-state index is -4.86. The molecule has 0 spiro atoms. The Morgan fingerprint density at radius 2 is 1.79 bits per heavy atom. The SMILES string of the molecule is CCC(C)NC(=O)Cc1c(C)n(C(=O)c2ccc(OC(F)(F)F)cc2)c2cc(F)c(OC)cc12. The number of rotatable bonds is 7. The third kappa shape index (κ3) is 5.32. The van der Waals surface area contributed by atoms with Gasteiger partial charge in [-0.05, 0) is 56.2 Å². The maximum absolute atomic E-state index is 14.5. The number of carbonyl (C=O) groups excluding carboxylic acids is 2. The number of halogens is 4. The van der Waals surface area contributed by atoms with Crippen LogP contribution in [0.2, 0.25) is 0 Å². The normalized spacial score (nSPS) is 12.5. The van der Waals surface area contributed by atoms with Crippen LogP contribution >= 0.6 is 0 Å². The fourth-order valence-corrected chi connectivity index (χ4v) is 3.64. The first kappa shape index (κ1) is 25.1. The second kappa shape index (κ2) is 9.74. The van der Waals surface area contributed by atoms with Crippen molar-refractivity contribution in [2.45, 2.75) is 46.0 Å². The van der Waals surface area contributed by atoms with Crippen molar-refractivity contribution in [3.05, 3.63) is 59.0 Å². The quantitative estimate of drug-likeness (QED) is 0.476. The molecular weight excluding hydrogens is 456 g/mol. The molecule has 0 saturated carbocycles. The van der Waals surface area contributed by atoms with Crippen LogP contribution in [-0.2, 0) is 11.2 Å². The Balaban J connectivity index is 2.08. The maximum Gasteiger partial charge on any atom is 0.573 e. The molecule has 1 aromatic heterocycles. The standard InChI is InChI=1S/C24H24F4N2O4/c1-5-13(2)29-22(31)11-17-14(3)30(20-12-19(25)21(33-4)10-18(17)20)23(32)15-6-8-16(9-7-15)34-24(26,27)28/h6-10,12-13H,5,11H2,1-4H3,(H,29,31). The van der Waals surface area contributed by atoms with Crippen LogP contribution in [-0.4, -0.2) is 35.9 Å². The second-order valence-corrected chi connectivity index (χ2v) is 7.83. The van der Waals surface area contributed by atoms with Gasteiger partial charge in [0, 0.05) is 28.8 Å². The molecule has 1 N–H and O–H groups in total. The molecule has 3 rings (SSSR count). The summed E-state index contributed by atoms with van der Waals surface area (Å²) in [6.07, 6.45) is -4.18. The molecular formula is C24H24F4N2O4. The molecule has 3 aromatic rings. The van der Waals surface area contributed by atoms with Gasteiger partial charge in [0.1, 0.15) is 5.75 Å². The van der Waals surface area contributed by atoms with E-state index >= 15 is 0 Å². The molecule has 6 nitrogen and oxygen atoms in total. The van der Waals surface area contributed by atoms with Crippen molar-refractivity contribution < 1.29 is 36.6 Å². The molecule has 0 fully saturated rings. The number of aromatic nitrogens is 1. The number of hydrogen-bond donors (Lipinski definition) is 1. The molecule has 0 bridgehead atoms. The zero-order chi connectivity index (χ0) is 25.2. The van der Waals surface area contributed by atoms with Gasteiger partial charge in [0.05, 0.1) is 19.0 Å². The van der Waals surface area contributed by atoms with Crippen molar-refractivity contribution in [2.75, 3.05) is 7.11 Å². The van der Waals surface area contributed by atoms with E-state index in [2.05, 4.69) is 10.1 Å². The van der Waals surface area contributed by atoms with Crippen LogP contribution in [0.3, 0.4) is 0 Å². The number of nitrogens with one attached hydrogen (secondary N) is 1. The molecule has 0 aliphatic rings. The Morgan fingerprint density at radius 1 is 1.15 bits per heavy atom.